The number of hydrogen-bond acceptors (Lipinski definition) is 8. The number of carbonyl (C=O) groups is 6. The molecular formula is C20H26N4O9S. The van der Waals surface area contributed by atoms with Gasteiger partial charge in [0.05, 0.1) is 18.9 Å². The second kappa shape index (κ2) is 13.8. The molecule has 0 aliphatic carbocycles. The molecule has 14 heteroatoms. The third-order valence-corrected chi connectivity index (χ3v) is 4.82. The van der Waals surface area contributed by atoms with Crippen LogP contribution in [0, 0.1) is 0 Å². The van der Waals surface area contributed by atoms with Crippen molar-refractivity contribution in [2.75, 3.05) is 5.75 Å². The molecule has 8 N–H and O–H groups in total. The predicted octanol–water partition coefficient (Wildman–Crippen LogP) is -2.03. The molecule has 0 spiro atoms. The van der Waals surface area contributed by atoms with Gasteiger partial charge in [-0.1, -0.05) is 30.3 Å². The lowest BCUT2D eigenvalue weighted by Gasteiger charge is -2.23. The van der Waals surface area contributed by atoms with Gasteiger partial charge in [0, 0.05) is 5.75 Å². The van der Waals surface area contributed by atoms with Crippen molar-refractivity contribution >= 4 is 48.3 Å². The fourth-order valence-electron chi connectivity index (χ4n) is 2.74. The zero-order valence-electron chi connectivity index (χ0n) is 17.8. The van der Waals surface area contributed by atoms with E-state index in [9.17, 15) is 28.8 Å². The number of rotatable bonds is 14. The quantitative estimate of drug-likeness (QED) is 0.131. The van der Waals surface area contributed by atoms with Crippen molar-refractivity contribution in [1.82, 2.24) is 16.0 Å². The first kappa shape index (κ1) is 28.4. The van der Waals surface area contributed by atoms with E-state index in [0.29, 0.717) is 0 Å². The number of nitrogens with two attached hydrogens (primary N) is 1. The molecule has 13 nitrogen and oxygen atoms in total. The highest BCUT2D eigenvalue weighted by Crippen LogP contribution is 2.04. The summed E-state index contributed by atoms with van der Waals surface area (Å²) < 4.78 is 0. The standard InChI is InChI=1S/C20H26N4O9S/c21-11(6-10-4-2-1-3-5-10)17(29)22-12(7-15(25)26)18(30)24-14(9-34)19(31)23-13(20(32)33)8-16(27)28/h1-5,11-14,34H,6-9,21H2,(H,22,29)(H,23,31)(H,24,30)(H,25,26)(H,27,28)(H,32,33). The Kier molecular flexibility index (Phi) is 11.5. The molecule has 34 heavy (non-hydrogen) atoms. The van der Waals surface area contributed by atoms with Crippen LogP contribution in [0.15, 0.2) is 30.3 Å². The first-order valence-corrected chi connectivity index (χ1v) is 10.6. The van der Waals surface area contributed by atoms with Crippen LogP contribution in [0.25, 0.3) is 0 Å². The molecule has 0 heterocycles. The number of thiol groups is 1. The molecule has 0 saturated carbocycles. The van der Waals surface area contributed by atoms with E-state index in [4.69, 9.17) is 21.1 Å². The van der Waals surface area contributed by atoms with Gasteiger partial charge in [0.2, 0.25) is 17.7 Å². The molecule has 0 aliphatic rings. The normalized spacial score (nSPS) is 14.1. The Morgan fingerprint density at radius 3 is 1.74 bits per heavy atom. The van der Waals surface area contributed by atoms with Gasteiger partial charge in [-0.2, -0.15) is 12.6 Å². The van der Waals surface area contributed by atoms with Crippen molar-refractivity contribution in [3.05, 3.63) is 35.9 Å². The molecule has 1 aromatic carbocycles. The van der Waals surface area contributed by atoms with E-state index in [1.54, 1.807) is 30.3 Å². The van der Waals surface area contributed by atoms with Crippen molar-refractivity contribution in [3.63, 3.8) is 0 Å². The highest BCUT2D eigenvalue weighted by molar-refractivity contribution is 7.80. The van der Waals surface area contributed by atoms with Gasteiger partial charge in [-0.15, -0.1) is 0 Å². The second-order valence-corrected chi connectivity index (χ2v) is 7.56. The van der Waals surface area contributed by atoms with Gasteiger partial charge in [-0.05, 0) is 12.0 Å². The number of aliphatic carboxylic acids is 3. The average Bonchev–Trinajstić information content (AvgIpc) is 2.76. The zero-order chi connectivity index (χ0) is 25.8. The summed E-state index contributed by atoms with van der Waals surface area (Å²) in [4.78, 5) is 70.5. The molecule has 1 aromatic rings. The van der Waals surface area contributed by atoms with Crippen molar-refractivity contribution in [2.45, 2.75) is 43.4 Å². The van der Waals surface area contributed by atoms with Crippen molar-refractivity contribution in [3.8, 4) is 0 Å². The number of amides is 3. The van der Waals surface area contributed by atoms with Gasteiger partial charge >= 0.3 is 17.9 Å². The largest absolute Gasteiger partial charge is 0.481 e. The van der Waals surface area contributed by atoms with Gasteiger partial charge in [-0.25, -0.2) is 4.79 Å². The fourth-order valence-corrected chi connectivity index (χ4v) is 2.99. The Bertz CT molecular complexity index is 913. The lowest BCUT2D eigenvalue weighted by atomic mass is 10.1. The van der Waals surface area contributed by atoms with Crippen LogP contribution in [-0.2, 0) is 35.2 Å². The summed E-state index contributed by atoms with van der Waals surface area (Å²) in [6, 6.07) is 2.82. The Labute approximate surface area is 199 Å². The minimum absolute atomic E-state index is 0.121. The lowest BCUT2D eigenvalue weighted by Crippen LogP contribution is -2.58. The molecule has 1 rings (SSSR count). The Balaban J connectivity index is 2.86. The van der Waals surface area contributed by atoms with E-state index >= 15 is 0 Å². The van der Waals surface area contributed by atoms with Crippen molar-refractivity contribution < 1.29 is 44.1 Å². The fraction of sp³-hybridized carbons (Fsp3) is 0.400. The lowest BCUT2D eigenvalue weighted by molar-refractivity contribution is -0.147. The predicted molar refractivity (Wildman–Crippen MR) is 120 cm³/mol. The molecule has 0 radical (unpaired) electrons. The van der Waals surface area contributed by atoms with E-state index in [-0.39, 0.29) is 12.2 Å². The van der Waals surface area contributed by atoms with Crippen LogP contribution in [0.4, 0.5) is 0 Å². The van der Waals surface area contributed by atoms with Gasteiger partial charge in [0.25, 0.3) is 0 Å². The molecule has 3 amide bonds. The Morgan fingerprint density at radius 2 is 1.24 bits per heavy atom. The van der Waals surface area contributed by atoms with Crippen LogP contribution in [0.3, 0.4) is 0 Å². The number of benzene rings is 1. The van der Waals surface area contributed by atoms with Gasteiger partial charge in [0.15, 0.2) is 0 Å². The molecular weight excluding hydrogens is 472 g/mol. The zero-order valence-corrected chi connectivity index (χ0v) is 18.7. The van der Waals surface area contributed by atoms with E-state index in [1.165, 1.54) is 0 Å². The van der Waals surface area contributed by atoms with Gasteiger partial charge in [0.1, 0.15) is 18.1 Å². The van der Waals surface area contributed by atoms with Crippen LogP contribution < -0.4 is 21.7 Å². The summed E-state index contributed by atoms with van der Waals surface area (Å²) in [5.74, 6) is -7.75. The van der Waals surface area contributed by atoms with Crippen molar-refractivity contribution in [1.29, 1.82) is 0 Å². The number of carboxylic acid groups (broad SMARTS) is 3. The molecule has 0 bridgehead atoms. The molecule has 0 aliphatic heterocycles. The Hall–Kier alpha value is -3.65. The van der Waals surface area contributed by atoms with E-state index in [2.05, 4.69) is 23.3 Å². The SMILES string of the molecule is NC(Cc1ccccc1)C(=O)NC(CC(=O)O)C(=O)NC(CS)C(=O)NC(CC(=O)O)C(=O)O. The molecule has 4 atom stereocenters. The van der Waals surface area contributed by atoms with Gasteiger partial charge < -0.3 is 37.0 Å². The summed E-state index contributed by atoms with van der Waals surface area (Å²) in [6.45, 7) is 0. The summed E-state index contributed by atoms with van der Waals surface area (Å²) in [6.07, 6.45) is -1.62. The summed E-state index contributed by atoms with van der Waals surface area (Å²) >= 11 is 3.91. The molecule has 0 fully saturated rings. The van der Waals surface area contributed by atoms with E-state index in [0.717, 1.165) is 5.56 Å². The number of nitrogens with one attached hydrogen (secondary N) is 3. The maximum Gasteiger partial charge on any atom is 0.326 e. The van der Waals surface area contributed by atoms with E-state index < -0.39 is 72.6 Å². The van der Waals surface area contributed by atoms with Crippen LogP contribution in [0.1, 0.15) is 18.4 Å². The molecule has 0 aromatic heterocycles. The first-order chi connectivity index (χ1) is 15.9. The maximum atomic E-state index is 12.6. The van der Waals surface area contributed by atoms with Gasteiger partial charge in [-0.3, -0.25) is 24.0 Å². The number of carboxylic acids is 3. The minimum atomic E-state index is -1.77. The van der Waals surface area contributed by atoms with Crippen LogP contribution in [0.5, 0.6) is 0 Å². The number of carbonyl (C=O) groups excluding carboxylic acids is 3. The van der Waals surface area contributed by atoms with Crippen LogP contribution in [-0.4, -0.2) is 80.9 Å². The monoisotopic (exact) mass is 498 g/mol. The summed E-state index contributed by atoms with van der Waals surface area (Å²) in [7, 11) is 0. The van der Waals surface area contributed by atoms with Crippen LogP contribution in [0.2, 0.25) is 0 Å². The molecule has 186 valence electrons. The summed E-state index contributed by atoms with van der Waals surface area (Å²) in [5, 5.41) is 33.3. The van der Waals surface area contributed by atoms with Crippen LogP contribution >= 0.6 is 12.6 Å². The number of hydrogen-bond donors (Lipinski definition) is 8. The topological polar surface area (TPSA) is 225 Å². The highest BCUT2D eigenvalue weighted by atomic mass is 32.1. The Morgan fingerprint density at radius 1 is 0.765 bits per heavy atom. The smallest absolute Gasteiger partial charge is 0.326 e. The third kappa shape index (κ3) is 9.87. The van der Waals surface area contributed by atoms with Crippen molar-refractivity contribution in [2.24, 2.45) is 5.73 Å². The highest BCUT2D eigenvalue weighted by Gasteiger charge is 2.31. The van der Waals surface area contributed by atoms with E-state index in [1.807, 2.05) is 5.32 Å². The minimum Gasteiger partial charge on any atom is -0.481 e. The first-order valence-electron chi connectivity index (χ1n) is 9.92. The average molecular weight is 499 g/mol. The maximum absolute atomic E-state index is 12.6. The third-order valence-electron chi connectivity index (χ3n) is 4.46. The molecule has 4 unspecified atom stereocenters. The summed E-state index contributed by atoms with van der Waals surface area (Å²) in [5.41, 5.74) is 6.60. The molecule has 0 saturated heterocycles. The second-order valence-electron chi connectivity index (χ2n) is 7.20.